The third kappa shape index (κ3) is 3.07. The highest BCUT2D eigenvalue weighted by Crippen LogP contribution is 2.31. The minimum Gasteiger partial charge on any atom is -0.399 e. The average molecular weight is 271 g/mol. The van der Waals surface area contributed by atoms with Crippen LogP contribution in [0.5, 0.6) is 0 Å². The van der Waals surface area contributed by atoms with Crippen molar-refractivity contribution in [1.29, 1.82) is 5.26 Å². The summed E-state index contributed by atoms with van der Waals surface area (Å²) in [4.78, 5) is 1.27. The van der Waals surface area contributed by atoms with Crippen molar-refractivity contribution >= 4 is 22.7 Å². The lowest BCUT2D eigenvalue weighted by atomic mass is 10.0. The van der Waals surface area contributed by atoms with E-state index in [2.05, 4.69) is 36.7 Å². The molecule has 0 aliphatic rings. The first-order valence-electron chi connectivity index (χ1n) is 6.21. The van der Waals surface area contributed by atoms with Gasteiger partial charge >= 0.3 is 0 Å². The quantitative estimate of drug-likeness (QED) is 0.826. The summed E-state index contributed by atoms with van der Waals surface area (Å²) in [6.45, 7) is 4.33. The van der Waals surface area contributed by atoms with Crippen molar-refractivity contribution in [2.75, 3.05) is 11.1 Å². The van der Waals surface area contributed by atoms with E-state index in [0.717, 1.165) is 5.69 Å². The van der Waals surface area contributed by atoms with Gasteiger partial charge in [-0.05, 0) is 35.6 Å². The highest BCUT2D eigenvalue weighted by molar-refractivity contribution is 7.10. The minimum absolute atomic E-state index is 0.204. The fourth-order valence-electron chi connectivity index (χ4n) is 1.98. The lowest BCUT2D eigenvalue weighted by Gasteiger charge is -2.23. The summed E-state index contributed by atoms with van der Waals surface area (Å²) < 4.78 is 0. The molecule has 2 rings (SSSR count). The zero-order chi connectivity index (χ0) is 13.8. The highest BCUT2D eigenvalue weighted by atomic mass is 32.1. The normalized spacial score (nSPS) is 12.1. The Morgan fingerprint density at radius 3 is 2.68 bits per heavy atom. The maximum absolute atomic E-state index is 9.18. The molecule has 0 aliphatic heterocycles. The highest BCUT2D eigenvalue weighted by Gasteiger charge is 2.17. The van der Waals surface area contributed by atoms with Gasteiger partial charge in [0.15, 0.2) is 0 Å². The van der Waals surface area contributed by atoms with Gasteiger partial charge in [-0.3, -0.25) is 0 Å². The van der Waals surface area contributed by atoms with Crippen LogP contribution in [0, 0.1) is 17.2 Å². The second-order valence-electron chi connectivity index (χ2n) is 4.80. The molecule has 0 fully saturated rings. The minimum atomic E-state index is 0.204. The number of hydrogen-bond acceptors (Lipinski definition) is 4. The van der Waals surface area contributed by atoms with Crippen LogP contribution in [-0.4, -0.2) is 0 Å². The van der Waals surface area contributed by atoms with Crippen LogP contribution < -0.4 is 11.1 Å². The maximum Gasteiger partial charge on any atom is 0.101 e. The predicted octanol–water partition coefficient (Wildman–Crippen LogP) is 4.01. The second-order valence-corrected chi connectivity index (χ2v) is 5.78. The Balaban J connectivity index is 2.31. The molecule has 1 unspecified atom stereocenters. The summed E-state index contributed by atoms with van der Waals surface area (Å²) in [6, 6.07) is 11.9. The van der Waals surface area contributed by atoms with Crippen molar-refractivity contribution in [2.24, 2.45) is 5.92 Å². The van der Waals surface area contributed by atoms with Crippen LogP contribution in [0.25, 0.3) is 0 Å². The van der Waals surface area contributed by atoms with Gasteiger partial charge in [0, 0.05) is 10.6 Å². The Kier molecular flexibility index (Phi) is 4.08. The Bertz CT molecular complexity index is 582. The number of nitrogen functional groups attached to an aromatic ring is 1. The van der Waals surface area contributed by atoms with Crippen molar-refractivity contribution in [3.63, 3.8) is 0 Å². The molecule has 3 nitrogen and oxygen atoms in total. The molecule has 0 bridgehead atoms. The van der Waals surface area contributed by atoms with Crippen LogP contribution >= 0.6 is 11.3 Å². The molecule has 1 aromatic carbocycles. The van der Waals surface area contributed by atoms with E-state index >= 15 is 0 Å². The number of nitriles is 1. The average Bonchev–Trinajstić information content (AvgIpc) is 2.90. The van der Waals surface area contributed by atoms with Crippen LogP contribution in [0.15, 0.2) is 35.7 Å². The van der Waals surface area contributed by atoms with Crippen LogP contribution in [0.2, 0.25) is 0 Å². The third-order valence-electron chi connectivity index (χ3n) is 2.99. The fraction of sp³-hybridized carbons (Fsp3) is 0.267. The zero-order valence-electron chi connectivity index (χ0n) is 11.1. The molecule has 1 heterocycles. The molecule has 4 heteroatoms. The summed E-state index contributed by atoms with van der Waals surface area (Å²) in [7, 11) is 0. The van der Waals surface area contributed by atoms with Gasteiger partial charge < -0.3 is 11.1 Å². The molecule has 0 aliphatic carbocycles. The molecule has 19 heavy (non-hydrogen) atoms. The van der Waals surface area contributed by atoms with E-state index in [9.17, 15) is 5.26 Å². The fourth-order valence-corrected chi connectivity index (χ4v) is 2.93. The van der Waals surface area contributed by atoms with E-state index in [0.29, 0.717) is 17.2 Å². The van der Waals surface area contributed by atoms with Gasteiger partial charge in [-0.2, -0.15) is 5.26 Å². The molecule has 0 saturated carbocycles. The maximum atomic E-state index is 9.18. The molecular weight excluding hydrogens is 254 g/mol. The molecule has 3 N–H and O–H groups in total. The third-order valence-corrected chi connectivity index (χ3v) is 3.95. The first-order chi connectivity index (χ1) is 9.11. The molecule has 2 aromatic rings. The molecule has 0 radical (unpaired) electrons. The van der Waals surface area contributed by atoms with Gasteiger partial charge in [0.25, 0.3) is 0 Å². The van der Waals surface area contributed by atoms with Crippen LogP contribution in [-0.2, 0) is 0 Å². The van der Waals surface area contributed by atoms with E-state index in [-0.39, 0.29) is 6.04 Å². The number of thiophene rings is 1. The van der Waals surface area contributed by atoms with Gasteiger partial charge in [0.2, 0.25) is 0 Å². The number of nitrogens with zero attached hydrogens (tertiary/aromatic N) is 1. The van der Waals surface area contributed by atoms with Crippen molar-refractivity contribution in [2.45, 2.75) is 19.9 Å². The van der Waals surface area contributed by atoms with Crippen molar-refractivity contribution in [1.82, 2.24) is 0 Å². The molecule has 98 valence electrons. The van der Waals surface area contributed by atoms with Crippen LogP contribution in [0.4, 0.5) is 11.4 Å². The van der Waals surface area contributed by atoms with Crippen LogP contribution in [0.3, 0.4) is 0 Å². The predicted molar refractivity (Wildman–Crippen MR) is 81.1 cm³/mol. The molecule has 0 amide bonds. The second kappa shape index (κ2) is 5.77. The van der Waals surface area contributed by atoms with E-state index in [1.165, 1.54) is 4.88 Å². The number of nitrogens with two attached hydrogens (primary N) is 1. The Labute approximate surface area is 117 Å². The van der Waals surface area contributed by atoms with Crippen molar-refractivity contribution in [3.8, 4) is 6.07 Å². The summed E-state index contributed by atoms with van der Waals surface area (Å²) in [6.07, 6.45) is 0. The van der Waals surface area contributed by atoms with Gasteiger partial charge in [-0.15, -0.1) is 11.3 Å². The smallest absolute Gasteiger partial charge is 0.101 e. The first-order valence-corrected chi connectivity index (χ1v) is 7.09. The lowest BCUT2D eigenvalue weighted by Crippen LogP contribution is -2.16. The summed E-state index contributed by atoms with van der Waals surface area (Å²) in [5, 5.41) is 14.7. The number of benzene rings is 1. The number of anilines is 2. The van der Waals surface area contributed by atoms with Gasteiger partial charge in [-0.1, -0.05) is 19.9 Å². The molecule has 0 spiro atoms. The largest absolute Gasteiger partial charge is 0.399 e. The van der Waals surface area contributed by atoms with E-state index in [4.69, 9.17) is 5.73 Å². The SMILES string of the molecule is CC(C)C(Nc1ccc(N)cc1C#N)c1cccs1. The van der Waals surface area contributed by atoms with E-state index < -0.39 is 0 Å². The molecular formula is C15H17N3S. The summed E-state index contributed by atoms with van der Waals surface area (Å²) in [5.41, 5.74) is 7.74. The van der Waals surface area contributed by atoms with Gasteiger partial charge in [-0.25, -0.2) is 0 Å². The van der Waals surface area contributed by atoms with Crippen molar-refractivity contribution < 1.29 is 0 Å². The van der Waals surface area contributed by atoms with Crippen LogP contribution in [0.1, 0.15) is 30.3 Å². The first kappa shape index (κ1) is 13.4. The standard InChI is InChI=1S/C15H17N3S/c1-10(2)15(14-4-3-7-19-14)18-13-6-5-12(17)8-11(13)9-16/h3-8,10,15,18H,17H2,1-2H3. The number of nitrogens with one attached hydrogen (secondary N) is 1. The Morgan fingerprint density at radius 2 is 2.11 bits per heavy atom. The Morgan fingerprint density at radius 1 is 1.32 bits per heavy atom. The Hall–Kier alpha value is -1.99. The number of hydrogen-bond donors (Lipinski definition) is 2. The molecule has 1 aromatic heterocycles. The summed E-state index contributed by atoms with van der Waals surface area (Å²) >= 11 is 1.73. The van der Waals surface area contributed by atoms with E-state index in [1.807, 2.05) is 18.2 Å². The van der Waals surface area contributed by atoms with Gasteiger partial charge in [0.1, 0.15) is 6.07 Å². The zero-order valence-corrected chi connectivity index (χ0v) is 11.9. The topological polar surface area (TPSA) is 61.8 Å². The lowest BCUT2D eigenvalue weighted by molar-refractivity contribution is 0.553. The monoisotopic (exact) mass is 271 g/mol. The number of rotatable bonds is 4. The molecule has 0 saturated heterocycles. The van der Waals surface area contributed by atoms with Gasteiger partial charge in [0.05, 0.1) is 17.3 Å². The van der Waals surface area contributed by atoms with E-state index in [1.54, 1.807) is 17.4 Å². The van der Waals surface area contributed by atoms with Crippen molar-refractivity contribution in [3.05, 3.63) is 46.2 Å². The summed E-state index contributed by atoms with van der Waals surface area (Å²) in [5.74, 6) is 0.433. The molecule has 1 atom stereocenters.